The van der Waals surface area contributed by atoms with E-state index in [9.17, 15) is 4.79 Å². The third-order valence-electron chi connectivity index (χ3n) is 2.78. The molecule has 2 N–H and O–H groups in total. The number of hydrogen-bond acceptors (Lipinski definition) is 7. The summed E-state index contributed by atoms with van der Waals surface area (Å²) < 4.78 is 11.1. The highest BCUT2D eigenvalue weighted by Gasteiger charge is 2.12. The number of methoxy groups -OCH3 is 2. The number of carbonyl (C=O) groups is 1. The van der Waals surface area contributed by atoms with E-state index in [1.54, 1.807) is 7.11 Å². The van der Waals surface area contributed by atoms with Crippen LogP contribution < -0.4 is 10.6 Å². The maximum absolute atomic E-state index is 11.1. The summed E-state index contributed by atoms with van der Waals surface area (Å²) in [6, 6.07) is 7.37. The summed E-state index contributed by atoms with van der Waals surface area (Å²) in [5.74, 6) is 7.56. The van der Waals surface area contributed by atoms with Gasteiger partial charge in [-0.1, -0.05) is 11.8 Å². The second kappa shape index (κ2) is 6.98. The first-order chi connectivity index (χ1) is 10.2. The van der Waals surface area contributed by atoms with Gasteiger partial charge >= 0.3 is 5.97 Å². The predicted octanol–water partition coefficient (Wildman–Crippen LogP) is 1.32. The largest absolute Gasteiger partial charge is 0.497 e. The first kappa shape index (κ1) is 15.2. The number of nitrogen functional groups attached to an aromatic ring is 1. The van der Waals surface area contributed by atoms with E-state index in [1.807, 2.05) is 24.3 Å². The Balaban J connectivity index is 2.07. The lowest BCUT2D eigenvalue weighted by Gasteiger charge is -2.04. The first-order valence-electron chi connectivity index (χ1n) is 6.20. The molecule has 0 amide bonds. The Bertz CT molecular complexity index is 612. The molecule has 0 atom stereocenters. The zero-order valence-electron chi connectivity index (χ0n) is 11.8. The molecule has 0 aliphatic rings. The van der Waals surface area contributed by atoms with E-state index in [-0.39, 0.29) is 5.97 Å². The van der Waals surface area contributed by atoms with Crippen LogP contribution in [0.1, 0.15) is 6.42 Å². The van der Waals surface area contributed by atoms with Crippen LogP contribution in [-0.4, -0.2) is 40.8 Å². The summed E-state index contributed by atoms with van der Waals surface area (Å²) >= 11 is 1.35. The zero-order valence-corrected chi connectivity index (χ0v) is 12.6. The van der Waals surface area contributed by atoms with Crippen molar-refractivity contribution in [1.82, 2.24) is 14.9 Å². The smallest absolute Gasteiger partial charge is 0.306 e. The van der Waals surface area contributed by atoms with Crippen molar-refractivity contribution in [1.29, 1.82) is 0 Å². The number of nitrogens with two attached hydrogens (primary N) is 1. The molecular weight excluding hydrogens is 292 g/mol. The van der Waals surface area contributed by atoms with Gasteiger partial charge in [-0.2, -0.15) is 0 Å². The van der Waals surface area contributed by atoms with Crippen molar-refractivity contribution in [2.45, 2.75) is 11.6 Å². The summed E-state index contributed by atoms with van der Waals surface area (Å²) in [6.45, 7) is 0. The van der Waals surface area contributed by atoms with Crippen molar-refractivity contribution in [2.24, 2.45) is 0 Å². The number of ether oxygens (including phenoxy) is 2. The highest BCUT2D eigenvalue weighted by atomic mass is 32.2. The number of nitrogens with zero attached hydrogens (tertiary/aromatic N) is 3. The summed E-state index contributed by atoms with van der Waals surface area (Å²) in [6.07, 6.45) is 0.298. The monoisotopic (exact) mass is 308 g/mol. The SMILES string of the molecule is COC(=O)CCSc1nnc(-c2ccc(OC)cc2)n1N. The normalized spacial score (nSPS) is 10.4. The molecule has 1 aromatic carbocycles. The fourth-order valence-electron chi connectivity index (χ4n) is 1.64. The summed E-state index contributed by atoms with van der Waals surface area (Å²) in [7, 11) is 2.97. The van der Waals surface area contributed by atoms with E-state index in [0.29, 0.717) is 23.2 Å². The molecule has 0 radical (unpaired) electrons. The van der Waals surface area contributed by atoms with E-state index < -0.39 is 0 Å². The molecule has 0 saturated heterocycles. The quantitative estimate of drug-likeness (QED) is 0.489. The Morgan fingerprint density at radius 2 is 2.00 bits per heavy atom. The molecular formula is C13H16N4O3S. The van der Waals surface area contributed by atoms with Gasteiger partial charge in [0.1, 0.15) is 5.75 Å². The molecule has 2 aromatic rings. The average molecular weight is 308 g/mol. The average Bonchev–Trinajstić information content (AvgIpc) is 2.88. The third kappa shape index (κ3) is 3.66. The van der Waals surface area contributed by atoms with Crippen LogP contribution in [0, 0.1) is 0 Å². The second-order valence-corrected chi connectivity index (χ2v) is 5.14. The first-order valence-corrected chi connectivity index (χ1v) is 7.18. The van der Waals surface area contributed by atoms with Crippen LogP contribution >= 0.6 is 11.8 Å². The van der Waals surface area contributed by atoms with Gasteiger partial charge in [0.05, 0.1) is 20.6 Å². The molecule has 112 valence electrons. The van der Waals surface area contributed by atoms with Crippen LogP contribution in [0.2, 0.25) is 0 Å². The van der Waals surface area contributed by atoms with Gasteiger partial charge in [0, 0.05) is 11.3 Å². The summed E-state index contributed by atoms with van der Waals surface area (Å²) in [4.78, 5) is 11.1. The molecule has 0 aliphatic carbocycles. The molecule has 1 aromatic heterocycles. The lowest BCUT2D eigenvalue weighted by molar-refractivity contribution is -0.140. The van der Waals surface area contributed by atoms with Crippen molar-refractivity contribution in [2.75, 3.05) is 25.8 Å². The molecule has 1 heterocycles. The number of hydrogen-bond donors (Lipinski definition) is 1. The van der Waals surface area contributed by atoms with Gasteiger partial charge in [0.25, 0.3) is 0 Å². The lowest BCUT2D eigenvalue weighted by atomic mass is 10.2. The van der Waals surface area contributed by atoms with Gasteiger partial charge in [-0.3, -0.25) is 4.79 Å². The molecule has 2 rings (SSSR count). The maximum atomic E-state index is 11.1. The van der Waals surface area contributed by atoms with E-state index in [1.165, 1.54) is 23.5 Å². The molecule has 8 heteroatoms. The molecule has 0 fully saturated rings. The fraction of sp³-hybridized carbons (Fsp3) is 0.308. The minimum Gasteiger partial charge on any atom is -0.497 e. The Morgan fingerprint density at radius 1 is 1.29 bits per heavy atom. The van der Waals surface area contributed by atoms with Crippen LogP contribution in [-0.2, 0) is 9.53 Å². The molecule has 0 bridgehead atoms. The van der Waals surface area contributed by atoms with Crippen LogP contribution in [0.15, 0.2) is 29.4 Å². The van der Waals surface area contributed by atoms with Crippen LogP contribution in [0.4, 0.5) is 0 Å². The minimum atomic E-state index is -0.263. The topological polar surface area (TPSA) is 92.3 Å². The van der Waals surface area contributed by atoms with Crippen LogP contribution in [0.5, 0.6) is 5.75 Å². The van der Waals surface area contributed by atoms with E-state index >= 15 is 0 Å². The van der Waals surface area contributed by atoms with Gasteiger partial charge in [-0.25, -0.2) is 4.68 Å². The number of esters is 1. The number of carbonyl (C=O) groups excluding carboxylic acids is 1. The molecule has 0 unspecified atom stereocenters. The van der Waals surface area contributed by atoms with E-state index in [2.05, 4.69) is 14.9 Å². The standard InChI is InChI=1S/C13H16N4O3S/c1-19-10-5-3-9(4-6-10)12-15-16-13(17(12)14)21-8-7-11(18)20-2/h3-6H,7-8,14H2,1-2H3. The van der Waals surface area contributed by atoms with Gasteiger partial charge in [0.15, 0.2) is 5.82 Å². The van der Waals surface area contributed by atoms with Crippen LogP contribution in [0.3, 0.4) is 0 Å². The minimum absolute atomic E-state index is 0.263. The molecule has 0 aliphatic heterocycles. The van der Waals surface area contributed by atoms with Gasteiger partial charge in [0.2, 0.25) is 5.16 Å². The predicted molar refractivity (Wildman–Crippen MR) is 79.5 cm³/mol. The Labute approximate surface area is 126 Å². The Kier molecular flexibility index (Phi) is 5.04. The number of aromatic nitrogens is 3. The van der Waals surface area contributed by atoms with E-state index in [4.69, 9.17) is 10.6 Å². The Morgan fingerprint density at radius 3 is 2.62 bits per heavy atom. The number of thioether (sulfide) groups is 1. The van der Waals surface area contributed by atoms with Crippen LogP contribution in [0.25, 0.3) is 11.4 Å². The lowest BCUT2D eigenvalue weighted by Crippen LogP contribution is -2.12. The molecule has 0 spiro atoms. The van der Waals surface area contributed by atoms with Crippen molar-refractivity contribution in [3.8, 4) is 17.1 Å². The van der Waals surface area contributed by atoms with Gasteiger partial charge < -0.3 is 15.3 Å². The maximum Gasteiger partial charge on any atom is 0.306 e. The zero-order chi connectivity index (χ0) is 15.2. The van der Waals surface area contributed by atoms with Crippen molar-refractivity contribution in [3.05, 3.63) is 24.3 Å². The van der Waals surface area contributed by atoms with Gasteiger partial charge in [-0.05, 0) is 24.3 Å². The fourth-order valence-corrected chi connectivity index (χ4v) is 2.42. The van der Waals surface area contributed by atoms with E-state index in [0.717, 1.165) is 11.3 Å². The molecule has 7 nitrogen and oxygen atoms in total. The number of benzene rings is 1. The second-order valence-electron chi connectivity index (χ2n) is 4.08. The summed E-state index contributed by atoms with van der Waals surface area (Å²) in [5, 5.41) is 8.64. The van der Waals surface area contributed by atoms with Crippen molar-refractivity contribution >= 4 is 17.7 Å². The molecule has 0 saturated carbocycles. The Hall–Kier alpha value is -2.22. The highest BCUT2D eigenvalue weighted by Crippen LogP contribution is 2.23. The molecule has 21 heavy (non-hydrogen) atoms. The van der Waals surface area contributed by atoms with Gasteiger partial charge in [-0.15, -0.1) is 10.2 Å². The summed E-state index contributed by atoms with van der Waals surface area (Å²) in [5.41, 5.74) is 0.839. The number of rotatable bonds is 6. The third-order valence-corrected chi connectivity index (χ3v) is 3.72. The van der Waals surface area contributed by atoms with Crippen molar-refractivity contribution < 1.29 is 14.3 Å². The van der Waals surface area contributed by atoms with Crippen molar-refractivity contribution in [3.63, 3.8) is 0 Å². The highest BCUT2D eigenvalue weighted by molar-refractivity contribution is 7.99.